The van der Waals surface area contributed by atoms with Crippen molar-refractivity contribution in [3.05, 3.63) is 54.1 Å². The molecule has 1 fully saturated rings. The van der Waals surface area contributed by atoms with Crippen LogP contribution >= 0.6 is 0 Å². The minimum Gasteiger partial charge on any atom is -0.386 e. The molecular weight excluding hydrogens is 335 g/mol. The van der Waals surface area contributed by atoms with Crippen LogP contribution in [0.15, 0.2) is 42.7 Å². The normalized spacial score (nSPS) is 19.6. The summed E-state index contributed by atoms with van der Waals surface area (Å²) in [7, 11) is 1.67. The van der Waals surface area contributed by atoms with Gasteiger partial charge in [-0.25, -0.2) is 14.4 Å². The Morgan fingerprint density at radius 2 is 2.04 bits per heavy atom. The van der Waals surface area contributed by atoms with Gasteiger partial charge < -0.3 is 14.9 Å². The highest BCUT2D eigenvalue weighted by Gasteiger charge is 2.38. The van der Waals surface area contributed by atoms with Gasteiger partial charge in [-0.05, 0) is 30.5 Å². The molecule has 1 saturated heterocycles. The zero-order valence-corrected chi connectivity index (χ0v) is 14.8. The third kappa shape index (κ3) is 4.35. The van der Waals surface area contributed by atoms with Crippen molar-refractivity contribution < 1.29 is 14.3 Å². The maximum absolute atomic E-state index is 13.7. The van der Waals surface area contributed by atoms with Crippen LogP contribution in [0.5, 0.6) is 0 Å². The van der Waals surface area contributed by atoms with Crippen LogP contribution in [-0.2, 0) is 11.2 Å². The van der Waals surface area contributed by atoms with Gasteiger partial charge in [-0.2, -0.15) is 0 Å². The molecule has 1 aromatic carbocycles. The second-order valence-corrected chi connectivity index (χ2v) is 6.79. The van der Waals surface area contributed by atoms with Crippen molar-refractivity contribution in [3.8, 4) is 0 Å². The van der Waals surface area contributed by atoms with Crippen molar-refractivity contribution in [2.45, 2.75) is 24.9 Å². The maximum atomic E-state index is 13.7. The molecule has 2 heterocycles. The molecule has 0 bridgehead atoms. The van der Waals surface area contributed by atoms with Gasteiger partial charge in [0.15, 0.2) is 0 Å². The van der Waals surface area contributed by atoms with Crippen molar-refractivity contribution >= 4 is 11.9 Å². The molecule has 2 aromatic rings. The van der Waals surface area contributed by atoms with E-state index in [1.54, 1.807) is 43.7 Å². The van der Waals surface area contributed by atoms with Crippen LogP contribution in [0.25, 0.3) is 0 Å². The summed E-state index contributed by atoms with van der Waals surface area (Å²) in [5.41, 5.74) is -0.469. The molecule has 0 radical (unpaired) electrons. The Balaban J connectivity index is 1.53. The highest BCUT2D eigenvalue weighted by molar-refractivity contribution is 5.76. The number of amides is 1. The van der Waals surface area contributed by atoms with E-state index in [4.69, 9.17) is 0 Å². The van der Waals surface area contributed by atoms with Crippen LogP contribution in [0.4, 0.5) is 10.3 Å². The average Bonchev–Trinajstić information content (AvgIpc) is 3.03. The van der Waals surface area contributed by atoms with E-state index >= 15 is 0 Å². The number of rotatable bonds is 6. The number of aliphatic hydroxyl groups is 1. The van der Waals surface area contributed by atoms with E-state index < -0.39 is 5.60 Å². The number of halogens is 1. The minimum atomic E-state index is -0.998. The van der Waals surface area contributed by atoms with Crippen LogP contribution in [-0.4, -0.2) is 58.2 Å². The minimum absolute atomic E-state index is 0.115. The zero-order valence-electron chi connectivity index (χ0n) is 14.8. The molecule has 0 aliphatic carbocycles. The fraction of sp³-hybridized carbons (Fsp3) is 0.421. The smallest absolute Gasteiger partial charge is 0.225 e. The number of aryl methyl sites for hydroxylation is 1. The van der Waals surface area contributed by atoms with E-state index in [2.05, 4.69) is 9.97 Å². The number of hydrogen-bond donors (Lipinski definition) is 1. The number of carbonyl (C=O) groups is 1. The Morgan fingerprint density at radius 1 is 1.31 bits per heavy atom. The average molecular weight is 358 g/mol. The molecule has 1 aliphatic rings. The van der Waals surface area contributed by atoms with E-state index in [0.29, 0.717) is 37.4 Å². The first kappa shape index (κ1) is 18.3. The lowest BCUT2D eigenvalue weighted by molar-refractivity contribution is -0.132. The standard InChI is InChI=1S/C19H23FN4O2/c1-23(17(25)8-7-15-5-2-3-6-16(15)20)13-19(26)9-12-24(14-19)18-21-10-4-11-22-18/h2-6,10-11,26H,7-9,12-14H2,1H3/t19-/m1/s1. The number of hydrogen-bond acceptors (Lipinski definition) is 5. The molecule has 7 heteroatoms. The van der Waals surface area contributed by atoms with Gasteiger partial charge in [0.1, 0.15) is 11.4 Å². The molecule has 0 unspecified atom stereocenters. The molecule has 1 N–H and O–H groups in total. The maximum Gasteiger partial charge on any atom is 0.225 e. The summed E-state index contributed by atoms with van der Waals surface area (Å²) in [4.78, 5) is 24.2. The number of likely N-dealkylation sites (N-methyl/N-ethyl adjacent to an activating group) is 1. The van der Waals surface area contributed by atoms with Gasteiger partial charge in [0, 0.05) is 32.4 Å². The second kappa shape index (κ2) is 7.78. The predicted octanol–water partition coefficient (Wildman–Crippen LogP) is 1.65. The van der Waals surface area contributed by atoms with Gasteiger partial charge in [-0.15, -0.1) is 0 Å². The monoisotopic (exact) mass is 358 g/mol. The molecule has 6 nitrogen and oxygen atoms in total. The summed E-state index contributed by atoms with van der Waals surface area (Å²) in [5, 5.41) is 10.8. The van der Waals surface area contributed by atoms with Gasteiger partial charge in [0.25, 0.3) is 0 Å². The Labute approximate surface area is 152 Å². The molecule has 26 heavy (non-hydrogen) atoms. The first-order valence-corrected chi connectivity index (χ1v) is 8.69. The van der Waals surface area contributed by atoms with Crippen LogP contribution < -0.4 is 4.90 Å². The number of aromatic nitrogens is 2. The number of benzene rings is 1. The van der Waals surface area contributed by atoms with E-state index in [0.717, 1.165) is 0 Å². The lowest BCUT2D eigenvalue weighted by Crippen LogP contribution is -2.46. The van der Waals surface area contributed by atoms with E-state index in [-0.39, 0.29) is 24.7 Å². The third-order valence-corrected chi connectivity index (χ3v) is 4.69. The van der Waals surface area contributed by atoms with Crippen LogP contribution in [0.2, 0.25) is 0 Å². The van der Waals surface area contributed by atoms with Gasteiger partial charge in [0.2, 0.25) is 11.9 Å². The Kier molecular flexibility index (Phi) is 5.46. The number of anilines is 1. The van der Waals surface area contributed by atoms with Gasteiger partial charge in [-0.1, -0.05) is 18.2 Å². The number of carbonyl (C=O) groups excluding carboxylic acids is 1. The first-order valence-electron chi connectivity index (χ1n) is 8.69. The largest absolute Gasteiger partial charge is 0.386 e. The van der Waals surface area contributed by atoms with Gasteiger partial charge in [0.05, 0.1) is 13.1 Å². The molecule has 1 aromatic heterocycles. The Morgan fingerprint density at radius 3 is 2.77 bits per heavy atom. The summed E-state index contributed by atoms with van der Waals surface area (Å²) in [6.45, 7) is 1.24. The van der Waals surface area contributed by atoms with Crippen molar-refractivity contribution in [2.24, 2.45) is 0 Å². The lowest BCUT2D eigenvalue weighted by atomic mass is 10.0. The Hall–Kier alpha value is -2.54. The van der Waals surface area contributed by atoms with Crippen molar-refractivity contribution in [1.82, 2.24) is 14.9 Å². The molecular formula is C19H23FN4O2. The quantitative estimate of drug-likeness (QED) is 0.850. The molecule has 138 valence electrons. The molecule has 0 spiro atoms. The fourth-order valence-electron chi connectivity index (χ4n) is 3.27. The van der Waals surface area contributed by atoms with Gasteiger partial charge in [-0.3, -0.25) is 4.79 Å². The lowest BCUT2D eigenvalue weighted by Gasteiger charge is -2.29. The van der Waals surface area contributed by atoms with Crippen LogP contribution in [0, 0.1) is 5.82 Å². The number of β-amino-alcohol motifs (C(OH)–C–C–N with tert-alkyl or cyclic N) is 1. The Bertz CT molecular complexity index is 758. The SMILES string of the molecule is CN(C[C@]1(O)CCN(c2ncccn2)C1)C(=O)CCc1ccccc1F. The third-order valence-electron chi connectivity index (χ3n) is 4.69. The van der Waals surface area contributed by atoms with Crippen molar-refractivity contribution in [3.63, 3.8) is 0 Å². The highest BCUT2D eigenvalue weighted by Crippen LogP contribution is 2.25. The van der Waals surface area contributed by atoms with E-state index in [1.807, 2.05) is 4.90 Å². The van der Waals surface area contributed by atoms with Crippen LogP contribution in [0.3, 0.4) is 0 Å². The molecule has 0 saturated carbocycles. The molecule has 1 atom stereocenters. The van der Waals surface area contributed by atoms with Crippen LogP contribution in [0.1, 0.15) is 18.4 Å². The van der Waals surface area contributed by atoms with Gasteiger partial charge >= 0.3 is 0 Å². The van der Waals surface area contributed by atoms with E-state index in [1.165, 1.54) is 11.0 Å². The number of nitrogens with zero attached hydrogens (tertiary/aromatic N) is 4. The summed E-state index contributed by atoms with van der Waals surface area (Å²) in [5.74, 6) is 0.170. The summed E-state index contributed by atoms with van der Waals surface area (Å²) >= 11 is 0. The highest BCUT2D eigenvalue weighted by atomic mass is 19.1. The topological polar surface area (TPSA) is 69.6 Å². The molecule has 3 rings (SSSR count). The van der Waals surface area contributed by atoms with Crippen molar-refractivity contribution in [1.29, 1.82) is 0 Å². The predicted molar refractivity (Wildman–Crippen MR) is 96.2 cm³/mol. The molecule has 1 aliphatic heterocycles. The first-order chi connectivity index (χ1) is 12.5. The molecule has 1 amide bonds. The van der Waals surface area contributed by atoms with E-state index in [9.17, 15) is 14.3 Å². The summed E-state index contributed by atoms with van der Waals surface area (Å²) in [6.07, 6.45) is 4.42. The second-order valence-electron chi connectivity index (χ2n) is 6.79. The summed E-state index contributed by atoms with van der Waals surface area (Å²) < 4.78 is 13.7. The summed E-state index contributed by atoms with van der Waals surface area (Å²) in [6, 6.07) is 8.21. The van der Waals surface area contributed by atoms with Crippen molar-refractivity contribution in [2.75, 3.05) is 31.6 Å². The zero-order chi connectivity index (χ0) is 18.6. The fourth-order valence-corrected chi connectivity index (χ4v) is 3.27.